The normalized spacial score (nSPS) is 9.50. The third kappa shape index (κ3) is 2.27. The van der Waals surface area contributed by atoms with Crippen LogP contribution in [0.3, 0.4) is 0 Å². The summed E-state index contributed by atoms with van der Waals surface area (Å²) in [6, 6.07) is 7.29. The first-order valence-corrected chi connectivity index (χ1v) is 4.70. The molecule has 0 saturated heterocycles. The molecule has 12 heavy (non-hydrogen) atoms. The van der Waals surface area contributed by atoms with E-state index in [1.807, 2.05) is 19.1 Å². The summed E-state index contributed by atoms with van der Waals surface area (Å²) in [5.41, 5.74) is 1.73. The zero-order valence-corrected chi connectivity index (χ0v) is 7.85. The molecule has 0 N–H and O–H groups in total. The lowest BCUT2D eigenvalue weighted by atomic mass is 10.2. The zero-order valence-electron chi connectivity index (χ0n) is 7.03. The SMILES string of the molecule is CSOC(=O)c1ccc(C)cc1. The first-order chi connectivity index (χ1) is 5.74. The lowest BCUT2D eigenvalue weighted by molar-refractivity contribution is 0.0769. The molecule has 0 aromatic heterocycles. The van der Waals surface area contributed by atoms with Gasteiger partial charge in [-0.25, -0.2) is 4.79 Å². The zero-order chi connectivity index (χ0) is 8.97. The summed E-state index contributed by atoms with van der Waals surface area (Å²) in [7, 11) is 0. The highest BCUT2D eigenvalue weighted by atomic mass is 32.2. The van der Waals surface area contributed by atoms with E-state index in [-0.39, 0.29) is 5.97 Å². The molecule has 0 amide bonds. The van der Waals surface area contributed by atoms with E-state index in [1.54, 1.807) is 18.4 Å². The molecule has 0 spiro atoms. The van der Waals surface area contributed by atoms with Crippen LogP contribution in [0.5, 0.6) is 0 Å². The van der Waals surface area contributed by atoms with Gasteiger partial charge in [-0.2, -0.15) is 0 Å². The van der Waals surface area contributed by atoms with Gasteiger partial charge in [0, 0.05) is 6.26 Å². The van der Waals surface area contributed by atoms with Crippen molar-refractivity contribution in [1.82, 2.24) is 0 Å². The van der Waals surface area contributed by atoms with Crippen molar-refractivity contribution >= 4 is 18.0 Å². The molecule has 1 aromatic rings. The first-order valence-electron chi connectivity index (χ1n) is 3.55. The van der Waals surface area contributed by atoms with Gasteiger partial charge in [0.2, 0.25) is 0 Å². The van der Waals surface area contributed by atoms with Crippen molar-refractivity contribution < 1.29 is 8.98 Å². The van der Waals surface area contributed by atoms with E-state index >= 15 is 0 Å². The first kappa shape index (κ1) is 9.13. The van der Waals surface area contributed by atoms with Crippen LogP contribution >= 0.6 is 12.0 Å². The summed E-state index contributed by atoms with van der Waals surface area (Å²) >= 11 is 1.06. The minimum absolute atomic E-state index is 0.289. The standard InChI is InChI=1S/C9H10O2S/c1-7-3-5-8(6-4-7)9(10)11-12-2/h3-6H,1-2H3. The molecule has 0 fully saturated rings. The van der Waals surface area contributed by atoms with E-state index in [0.29, 0.717) is 5.56 Å². The number of hydrogen-bond donors (Lipinski definition) is 0. The van der Waals surface area contributed by atoms with Crippen molar-refractivity contribution in [2.75, 3.05) is 6.26 Å². The van der Waals surface area contributed by atoms with E-state index < -0.39 is 0 Å². The fraction of sp³-hybridized carbons (Fsp3) is 0.222. The molecule has 0 aliphatic heterocycles. The Morgan fingerprint density at radius 2 is 1.92 bits per heavy atom. The van der Waals surface area contributed by atoms with E-state index in [1.165, 1.54) is 0 Å². The highest BCUT2D eigenvalue weighted by molar-refractivity contribution is 7.94. The van der Waals surface area contributed by atoms with Crippen LogP contribution in [0.15, 0.2) is 24.3 Å². The second-order valence-electron chi connectivity index (χ2n) is 2.40. The monoisotopic (exact) mass is 182 g/mol. The van der Waals surface area contributed by atoms with E-state index in [0.717, 1.165) is 17.6 Å². The number of carbonyl (C=O) groups is 1. The summed E-state index contributed by atoms with van der Waals surface area (Å²) in [5.74, 6) is -0.289. The fourth-order valence-electron chi connectivity index (χ4n) is 0.813. The van der Waals surface area contributed by atoms with Gasteiger partial charge in [0.1, 0.15) is 0 Å². The topological polar surface area (TPSA) is 26.3 Å². The average molecular weight is 182 g/mol. The van der Waals surface area contributed by atoms with Crippen molar-refractivity contribution in [3.05, 3.63) is 35.4 Å². The Kier molecular flexibility index (Phi) is 3.17. The van der Waals surface area contributed by atoms with Gasteiger partial charge in [0.15, 0.2) is 0 Å². The summed E-state index contributed by atoms with van der Waals surface area (Å²) in [5, 5.41) is 0. The number of aryl methyl sites for hydroxylation is 1. The molecule has 3 heteroatoms. The Morgan fingerprint density at radius 1 is 1.33 bits per heavy atom. The highest BCUT2D eigenvalue weighted by Crippen LogP contribution is 2.07. The molecule has 0 bridgehead atoms. The third-order valence-corrected chi connectivity index (χ3v) is 1.76. The number of hydrogen-bond acceptors (Lipinski definition) is 3. The van der Waals surface area contributed by atoms with Gasteiger partial charge in [0.25, 0.3) is 0 Å². The summed E-state index contributed by atoms with van der Waals surface area (Å²) in [6.07, 6.45) is 1.71. The number of rotatable bonds is 2. The summed E-state index contributed by atoms with van der Waals surface area (Å²) < 4.78 is 4.75. The molecular weight excluding hydrogens is 172 g/mol. The van der Waals surface area contributed by atoms with Crippen LogP contribution in [0.4, 0.5) is 0 Å². The molecule has 64 valence electrons. The second kappa shape index (κ2) is 4.16. The van der Waals surface area contributed by atoms with Crippen LogP contribution in [0.25, 0.3) is 0 Å². The Labute approximate surface area is 76.1 Å². The van der Waals surface area contributed by atoms with Gasteiger partial charge in [-0.15, -0.1) is 0 Å². The maximum atomic E-state index is 11.1. The van der Waals surface area contributed by atoms with Gasteiger partial charge in [-0.05, 0) is 19.1 Å². The van der Waals surface area contributed by atoms with Crippen LogP contribution in [-0.4, -0.2) is 12.2 Å². The van der Waals surface area contributed by atoms with Crippen molar-refractivity contribution in [3.8, 4) is 0 Å². The van der Waals surface area contributed by atoms with Gasteiger partial charge in [-0.3, -0.25) is 0 Å². The lowest BCUT2D eigenvalue weighted by Crippen LogP contribution is -1.98. The third-order valence-electron chi connectivity index (χ3n) is 1.45. The lowest BCUT2D eigenvalue weighted by Gasteiger charge is -1.99. The smallest absolute Gasteiger partial charge is 0.350 e. The van der Waals surface area contributed by atoms with Crippen molar-refractivity contribution in [1.29, 1.82) is 0 Å². The Morgan fingerprint density at radius 3 is 2.42 bits per heavy atom. The van der Waals surface area contributed by atoms with Crippen LogP contribution in [0, 0.1) is 6.92 Å². The molecule has 0 saturated carbocycles. The highest BCUT2D eigenvalue weighted by Gasteiger charge is 2.04. The van der Waals surface area contributed by atoms with E-state index in [2.05, 4.69) is 0 Å². The van der Waals surface area contributed by atoms with Gasteiger partial charge in [-0.1, -0.05) is 17.7 Å². The summed E-state index contributed by atoms with van der Waals surface area (Å²) in [4.78, 5) is 11.1. The van der Waals surface area contributed by atoms with Gasteiger partial charge >= 0.3 is 5.97 Å². The molecular formula is C9H10O2S. The minimum atomic E-state index is -0.289. The maximum Gasteiger partial charge on any atom is 0.350 e. The largest absolute Gasteiger partial charge is 0.388 e. The number of benzene rings is 1. The Balaban J connectivity index is 2.75. The van der Waals surface area contributed by atoms with E-state index in [4.69, 9.17) is 4.18 Å². The van der Waals surface area contributed by atoms with Crippen molar-refractivity contribution in [2.24, 2.45) is 0 Å². The van der Waals surface area contributed by atoms with Crippen molar-refractivity contribution in [2.45, 2.75) is 6.92 Å². The van der Waals surface area contributed by atoms with Crippen LogP contribution in [-0.2, 0) is 4.18 Å². The Bertz CT molecular complexity index is 266. The quantitative estimate of drug-likeness (QED) is 0.657. The van der Waals surface area contributed by atoms with Crippen LogP contribution in [0.1, 0.15) is 15.9 Å². The minimum Gasteiger partial charge on any atom is -0.388 e. The second-order valence-corrected chi connectivity index (χ2v) is 2.90. The molecule has 0 aliphatic carbocycles. The summed E-state index contributed by atoms with van der Waals surface area (Å²) in [6.45, 7) is 1.98. The fourth-order valence-corrected chi connectivity index (χ4v) is 1.06. The van der Waals surface area contributed by atoms with Gasteiger partial charge in [0.05, 0.1) is 17.6 Å². The van der Waals surface area contributed by atoms with Crippen LogP contribution in [0.2, 0.25) is 0 Å². The van der Waals surface area contributed by atoms with Crippen molar-refractivity contribution in [3.63, 3.8) is 0 Å². The molecule has 0 aliphatic rings. The molecule has 2 nitrogen and oxygen atoms in total. The van der Waals surface area contributed by atoms with Crippen LogP contribution < -0.4 is 0 Å². The molecule has 1 rings (SSSR count). The van der Waals surface area contributed by atoms with Gasteiger partial charge < -0.3 is 4.18 Å². The predicted octanol–water partition coefficient (Wildman–Crippen LogP) is 2.43. The molecule has 1 aromatic carbocycles. The predicted molar refractivity (Wildman–Crippen MR) is 50.1 cm³/mol. The average Bonchev–Trinajstić information content (AvgIpc) is 2.06. The molecule has 0 unspecified atom stereocenters. The van der Waals surface area contributed by atoms with E-state index in [9.17, 15) is 4.79 Å². The Hall–Kier alpha value is -0.960. The molecule has 0 heterocycles. The molecule has 0 radical (unpaired) electrons. The maximum absolute atomic E-state index is 11.1. The number of carbonyl (C=O) groups excluding carboxylic acids is 1. The molecule has 0 atom stereocenters.